The number of nitrogens with one attached hydrogen (secondary N) is 1. The van der Waals surface area contributed by atoms with Gasteiger partial charge in [0.05, 0.1) is 5.69 Å². The molecule has 1 saturated heterocycles. The molecular weight excluding hydrogens is 311 g/mol. The second kappa shape index (κ2) is 6.66. The Morgan fingerprint density at radius 3 is 2.75 bits per heavy atom. The summed E-state index contributed by atoms with van der Waals surface area (Å²) in [5.41, 5.74) is 1.02. The van der Waals surface area contributed by atoms with Crippen LogP contribution in [0.3, 0.4) is 0 Å². The van der Waals surface area contributed by atoms with E-state index in [1.54, 1.807) is 30.3 Å². The number of hydrogen-bond donors (Lipinski definition) is 1. The highest BCUT2D eigenvalue weighted by atomic mass is 19.1. The van der Waals surface area contributed by atoms with Gasteiger partial charge in [0, 0.05) is 18.8 Å². The number of carbonyl (C=O) groups is 2. The Morgan fingerprint density at radius 1 is 1.21 bits per heavy atom. The van der Waals surface area contributed by atoms with Crippen molar-refractivity contribution in [3.63, 3.8) is 0 Å². The maximum atomic E-state index is 13.8. The maximum Gasteiger partial charge on any atom is 0.325 e. The van der Waals surface area contributed by atoms with Crippen LogP contribution >= 0.6 is 0 Å². The molecule has 0 radical (unpaired) electrons. The van der Waals surface area contributed by atoms with Crippen molar-refractivity contribution in [2.24, 2.45) is 0 Å². The Labute approximate surface area is 138 Å². The lowest BCUT2D eigenvalue weighted by Gasteiger charge is -2.18. The molecule has 1 fully saturated rings. The predicted octanol–water partition coefficient (Wildman–Crippen LogP) is 2.41. The molecule has 24 heavy (non-hydrogen) atoms. The fraction of sp³-hybridized carbons (Fsp3) is 0.235. The molecule has 1 aromatic carbocycles. The van der Waals surface area contributed by atoms with Gasteiger partial charge in [0.15, 0.2) is 0 Å². The van der Waals surface area contributed by atoms with E-state index in [2.05, 4.69) is 10.3 Å². The minimum atomic E-state index is -0.457. The highest BCUT2D eigenvalue weighted by Crippen LogP contribution is 2.23. The Hall–Kier alpha value is -2.96. The molecule has 3 amide bonds. The van der Waals surface area contributed by atoms with Crippen molar-refractivity contribution < 1.29 is 14.0 Å². The Morgan fingerprint density at radius 2 is 2.00 bits per heavy atom. The number of rotatable bonds is 4. The lowest BCUT2D eigenvalue weighted by Crippen LogP contribution is -2.37. The summed E-state index contributed by atoms with van der Waals surface area (Å²) in [6, 6.07) is 11.0. The number of amides is 3. The first-order chi connectivity index (χ1) is 11.5. The Kier molecular flexibility index (Phi) is 4.41. The second-order valence-corrected chi connectivity index (χ2v) is 5.52. The SMILES string of the molecule is Cc1cccc(NC(=O)CN2CCN(c3ccccc3F)C2=O)n1. The molecule has 1 aromatic heterocycles. The molecule has 0 atom stereocenters. The normalized spacial score (nSPS) is 14.2. The highest BCUT2D eigenvalue weighted by Gasteiger charge is 2.32. The van der Waals surface area contributed by atoms with Crippen molar-refractivity contribution in [3.05, 3.63) is 54.0 Å². The van der Waals surface area contributed by atoms with E-state index in [4.69, 9.17) is 0 Å². The summed E-state index contributed by atoms with van der Waals surface area (Å²) in [7, 11) is 0. The van der Waals surface area contributed by atoms with Crippen LogP contribution < -0.4 is 10.2 Å². The number of anilines is 2. The molecule has 0 saturated carbocycles. The molecule has 0 aliphatic carbocycles. The number of urea groups is 1. The van der Waals surface area contributed by atoms with Crippen molar-refractivity contribution in [1.29, 1.82) is 0 Å². The molecule has 6 nitrogen and oxygen atoms in total. The van der Waals surface area contributed by atoms with Gasteiger partial charge in [-0.05, 0) is 31.2 Å². The quantitative estimate of drug-likeness (QED) is 0.937. The van der Waals surface area contributed by atoms with Crippen LogP contribution in [0.5, 0.6) is 0 Å². The van der Waals surface area contributed by atoms with Gasteiger partial charge in [-0.3, -0.25) is 9.69 Å². The van der Waals surface area contributed by atoms with Gasteiger partial charge < -0.3 is 10.2 Å². The number of pyridine rings is 1. The summed E-state index contributed by atoms with van der Waals surface area (Å²) in [5, 5.41) is 2.66. The van der Waals surface area contributed by atoms with Gasteiger partial charge in [-0.15, -0.1) is 0 Å². The number of nitrogens with zero attached hydrogens (tertiary/aromatic N) is 3. The lowest BCUT2D eigenvalue weighted by atomic mass is 10.3. The number of para-hydroxylation sites is 1. The van der Waals surface area contributed by atoms with Crippen LogP contribution in [0.2, 0.25) is 0 Å². The van der Waals surface area contributed by atoms with Gasteiger partial charge >= 0.3 is 6.03 Å². The van der Waals surface area contributed by atoms with Gasteiger partial charge in [0.1, 0.15) is 18.2 Å². The molecule has 2 heterocycles. The lowest BCUT2D eigenvalue weighted by molar-refractivity contribution is -0.116. The van der Waals surface area contributed by atoms with Crippen LogP contribution in [-0.2, 0) is 4.79 Å². The number of aromatic nitrogens is 1. The standard InChI is InChI=1S/C17H17FN4O2/c1-12-5-4-8-15(19-12)20-16(23)11-21-9-10-22(17(21)24)14-7-3-2-6-13(14)18/h2-8H,9-11H2,1H3,(H,19,20,23). The van der Waals surface area contributed by atoms with E-state index in [-0.39, 0.29) is 24.2 Å². The Bertz CT molecular complexity index is 781. The van der Waals surface area contributed by atoms with E-state index in [0.717, 1.165) is 5.69 Å². The first kappa shape index (κ1) is 15.9. The highest BCUT2D eigenvalue weighted by molar-refractivity contribution is 5.99. The van der Waals surface area contributed by atoms with Gasteiger partial charge in [-0.25, -0.2) is 14.2 Å². The first-order valence-electron chi connectivity index (χ1n) is 7.59. The molecule has 1 N–H and O–H groups in total. The summed E-state index contributed by atoms with van der Waals surface area (Å²) in [5.74, 6) is -0.351. The van der Waals surface area contributed by atoms with E-state index in [1.807, 2.05) is 13.0 Å². The van der Waals surface area contributed by atoms with Crippen LogP contribution in [0.4, 0.5) is 20.7 Å². The second-order valence-electron chi connectivity index (χ2n) is 5.52. The molecule has 124 valence electrons. The molecule has 0 spiro atoms. The molecular formula is C17H17FN4O2. The number of carbonyl (C=O) groups excluding carboxylic acids is 2. The predicted molar refractivity (Wildman–Crippen MR) is 88.3 cm³/mol. The summed E-state index contributed by atoms with van der Waals surface area (Å²) >= 11 is 0. The van der Waals surface area contributed by atoms with Crippen LogP contribution in [0.25, 0.3) is 0 Å². The minimum absolute atomic E-state index is 0.0978. The monoisotopic (exact) mass is 328 g/mol. The summed E-state index contributed by atoms with van der Waals surface area (Å²) in [6.45, 7) is 2.43. The zero-order valence-electron chi connectivity index (χ0n) is 13.2. The fourth-order valence-electron chi connectivity index (χ4n) is 2.59. The third-order valence-electron chi connectivity index (χ3n) is 3.73. The largest absolute Gasteiger partial charge is 0.325 e. The Balaban J connectivity index is 1.63. The zero-order chi connectivity index (χ0) is 17.1. The van der Waals surface area contributed by atoms with Crippen LogP contribution in [0, 0.1) is 12.7 Å². The van der Waals surface area contributed by atoms with Crippen molar-refractivity contribution in [3.8, 4) is 0 Å². The van der Waals surface area contributed by atoms with E-state index in [9.17, 15) is 14.0 Å². The molecule has 7 heteroatoms. The third-order valence-corrected chi connectivity index (χ3v) is 3.73. The summed E-state index contributed by atoms with van der Waals surface area (Å²) < 4.78 is 13.8. The molecule has 1 aliphatic rings. The van der Waals surface area contributed by atoms with Crippen molar-refractivity contribution in [1.82, 2.24) is 9.88 Å². The van der Waals surface area contributed by atoms with E-state index in [1.165, 1.54) is 15.9 Å². The average Bonchev–Trinajstić information content (AvgIpc) is 2.89. The van der Waals surface area contributed by atoms with Gasteiger partial charge in [-0.1, -0.05) is 18.2 Å². The number of aryl methyl sites for hydroxylation is 1. The molecule has 2 aromatic rings. The molecule has 0 unspecified atom stereocenters. The first-order valence-corrected chi connectivity index (χ1v) is 7.59. The minimum Gasteiger partial charge on any atom is -0.313 e. The molecule has 1 aliphatic heterocycles. The number of halogens is 1. The van der Waals surface area contributed by atoms with Crippen LogP contribution in [0.15, 0.2) is 42.5 Å². The molecule has 0 bridgehead atoms. The van der Waals surface area contributed by atoms with Crippen LogP contribution in [0.1, 0.15) is 5.69 Å². The van der Waals surface area contributed by atoms with Crippen molar-refractivity contribution in [2.45, 2.75) is 6.92 Å². The van der Waals surface area contributed by atoms with Gasteiger partial charge in [0.2, 0.25) is 5.91 Å². The maximum absolute atomic E-state index is 13.8. The van der Waals surface area contributed by atoms with Crippen molar-refractivity contribution in [2.75, 3.05) is 29.9 Å². The average molecular weight is 328 g/mol. The number of benzene rings is 1. The number of hydrogen-bond acceptors (Lipinski definition) is 3. The van der Waals surface area contributed by atoms with Crippen LogP contribution in [-0.4, -0.2) is 41.5 Å². The zero-order valence-corrected chi connectivity index (χ0v) is 13.2. The smallest absolute Gasteiger partial charge is 0.313 e. The van der Waals surface area contributed by atoms with E-state index >= 15 is 0 Å². The molecule has 3 rings (SSSR count). The van der Waals surface area contributed by atoms with E-state index in [0.29, 0.717) is 18.9 Å². The van der Waals surface area contributed by atoms with Gasteiger partial charge in [0.25, 0.3) is 0 Å². The van der Waals surface area contributed by atoms with Gasteiger partial charge in [-0.2, -0.15) is 0 Å². The fourth-order valence-corrected chi connectivity index (χ4v) is 2.59. The summed E-state index contributed by atoms with van der Waals surface area (Å²) in [6.07, 6.45) is 0. The third kappa shape index (κ3) is 3.34. The topological polar surface area (TPSA) is 65.5 Å². The van der Waals surface area contributed by atoms with Crippen molar-refractivity contribution >= 4 is 23.4 Å². The van der Waals surface area contributed by atoms with E-state index < -0.39 is 5.82 Å². The summed E-state index contributed by atoms with van der Waals surface area (Å²) in [4.78, 5) is 31.4.